The molecule has 4 heteroatoms. The first kappa shape index (κ1) is 13.4. The zero-order chi connectivity index (χ0) is 13.1. The Bertz CT molecular complexity index is 469. The van der Waals surface area contributed by atoms with Gasteiger partial charge in [0.25, 0.3) is 0 Å². The molecule has 0 bridgehead atoms. The Morgan fingerprint density at radius 3 is 2.78 bits per heavy atom. The number of aliphatic hydroxyl groups is 1. The minimum atomic E-state index is -0.297. The summed E-state index contributed by atoms with van der Waals surface area (Å²) in [7, 11) is 1.96. The molecule has 1 N–H and O–H groups in total. The fourth-order valence-electron chi connectivity index (χ4n) is 2.64. The molecule has 0 saturated heterocycles. The molecule has 0 amide bonds. The lowest BCUT2D eigenvalue weighted by Crippen LogP contribution is -2.43. The lowest BCUT2D eigenvalue weighted by molar-refractivity contribution is 0.106. The second-order valence-electron chi connectivity index (χ2n) is 4.78. The first-order valence-corrected chi connectivity index (χ1v) is 7.04. The third-order valence-electron chi connectivity index (χ3n) is 3.67. The van der Waals surface area contributed by atoms with E-state index in [0.29, 0.717) is 5.56 Å². The van der Waals surface area contributed by atoms with E-state index in [4.69, 9.17) is 0 Å². The van der Waals surface area contributed by atoms with Crippen LogP contribution in [0, 0.1) is 11.3 Å². The predicted molar refractivity (Wildman–Crippen MR) is 75.5 cm³/mol. The van der Waals surface area contributed by atoms with Gasteiger partial charge in [-0.1, -0.05) is 18.9 Å². The van der Waals surface area contributed by atoms with Crippen LogP contribution >= 0.6 is 15.9 Å². The molecule has 2 unspecified atom stereocenters. The van der Waals surface area contributed by atoms with Crippen LogP contribution in [0.1, 0.15) is 31.2 Å². The van der Waals surface area contributed by atoms with Crippen LogP contribution in [-0.2, 0) is 0 Å². The van der Waals surface area contributed by atoms with E-state index in [2.05, 4.69) is 22.0 Å². The third kappa shape index (κ3) is 2.52. The fraction of sp³-hybridized carbons (Fsp3) is 0.500. The highest BCUT2D eigenvalue weighted by Gasteiger charge is 2.28. The first-order valence-electron chi connectivity index (χ1n) is 6.24. The molecule has 2 atom stereocenters. The molecule has 18 heavy (non-hydrogen) atoms. The second-order valence-corrected chi connectivity index (χ2v) is 5.63. The van der Waals surface area contributed by atoms with E-state index in [-0.39, 0.29) is 12.1 Å². The van der Waals surface area contributed by atoms with Crippen molar-refractivity contribution in [3.05, 3.63) is 28.2 Å². The van der Waals surface area contributed by atoms with Gasteiger partial charge in [0.2, 0.25) is 0 Å². The van der Waals surface area contributed by atoms with Gasteiger partial charge in [-0.2, -0.15) is 5.26 Å². The predicted octanol–water partition coefficient (Wildman–Crippen LogP) is 3.06. The SMILES string of the molecule is CN(c1cccc(Br)c1C#N)C1CCCCC1O. The molecule has 1 aromatic carbocycles. The number of likely N-dealkylation sites (N-methyl/N-ethyl adjacent to an activating group) is 1. The zero-order valence-corrected chi connectivity index (χ0v) is 12.0. The van der Waals surface area contributed by atoms with E-state index >= 15 is 0 Å². The summed E-state index contributed by atoms with van der Waals surface area (Å²) < 4.78 is 0.805. The maximum Gasteiger partial charge on any atom is 0.103 e. The van der Waals surface area contributed by atoms with E-state index < -0.39 is 0 Å². The number of halogens is 1. The second kappa shape index (κ2) is 5.73. The van der Waals surface area contributed by atoms with Crippen LogP contribution < -0.4 is 4.90 Å². The Kier molecular flexibility index (Phi) is 4.26. The summed E-state index contributed by atoms with van der Waals surface area (Å²) in [5.74, 6) is 0. The Balaban J connectivity index is 2.31. The summed E-state index contributed by atoms with van der Waals surface area (Å²) in [5.41, 5.74) is 1.52. The van der Waals surface area contributed by atoms with Crippen molar-refractivity contribution in [2.24, 2.45) is 0 Å². The molecule has 0 spiro atoms. The Morgan fingerprint density at radius 2 is 2.11 bits per heavy atom. The van der Waals surface area contributed by atoms with E-state index in [1.807, 2.05) is 30.1 Å². The molecule has 1 aliphatic carbocycles. The van der Waals surface area contributed by atoms with Crippen LogP contribution in [0.4, 0.5) is 5.69 Å². The van der Waals surface area contributed by atoms with Crippen molar-refractivity contribution in [2.75, 3.05) is 11.9 Å². The highest BCUT2D eigenvalue weighted by Crippen LogP contribution is 2.31. The summed E-state index contributed by atoms with van der Waals surface area (Å²) in [6.07, 6.45) is 3.77. The van der Waals surface area contributed by atoms with Gasteiger partial charge in [-0.3, -0.25) is 0 Å². The number of hydrogen-bond donors (Lipinski definition) is 1. The first-order chi connectivity index (χ1) is 8.65. The zero-order valence-electron chi connectivity index (χ0n) is 10.4. The van der Waals surface area contributed by atoms with Crippen LogP contribution in [0.2, 0.25) is 0 Å². The Hall–Kier alpha value is -1.05. The lowest BCUT2D eigenvalue weighted by Gasteiger charge is -2.37. The molecule has 1 saturated carbocycles. The monoisotopic (exact) mass is 308 g/mol. The van der Waals surface area contributed by atoms with Crippen molar-refractivity contribution in [3.63, 3.8) is 0 Å². The maximum atomic E-state index is 10.1. The number of nitriles is 1. The molecule has 0 radical (unpaired) electrons. The summed E-state index contributed by atoms with van der Waals surface area (Å²) >= 11 is 3.40. The van der Waals surface area contributed by atoms with Crippen molar-refractivity contribution in [1.29, 1.82) is 5.26 Å². The van der Waals surface area contributed by atoms with Gasteiger partial charge in [0.1, 0.15) is 6.07 Å². The number of benzene rings is 1. The van der Waals surface area contributed by atoms with Gasteiger partial charge in [0, 0.05) is 11.5 Å². The topological polar surface area (TPSA) is 47.3 Å². The molecule has 2 rings (SSSR count). The van der Waals surface area contributed by atoms with E-state index in [1.54, 1.807) is 0 Å². The third-order valence-corrected chi connectivity index (χ3v) is 4.34. The van der Waals surface area contributed by atoms with E-state index in [9.17, 15) is 10.4 Å². The number of hydrogen-bond acceptors (Lipinski definition) is 3. The quantitative estimate of drug-likeness (QED) is 0.913. The number of anilines is 1. The van der Waals surface area contributed by atoms with Crippen LogP contribution in [0.3, 0.4) is 0 Å². The van der Waals surface area contributed by atoms with Crippen LogP contribution in [0.5, 0.6) is 0 Å². The number of rotatable bonds is 2. The van der Waals surface area contributed by atoms with Crippen molar-refractivity contribution in [1.82, 2.24) is 0 Å². The molecule has 1 aliphatic rings. The summed E-state index contributed by atoms with van der Waals surface area (Å²) in [6, 6.07) is 8.07. The van der Waals surface area contributed by atoms with Gasteiger partial charge in [-0.25, -0.2) is 0 Å². The molecule has 96 valence electrons. The number of nitrogens with zero attached hydrogens (tertiary/aromatic N) is 2. The van der Waals surface area contributed by atoms with E-state index in [1.165, 1.54) is 0 Å². The Labute approximate surface area is 116 Å². The largest absolute Gasteiger partial charge is 0.391 e. The smallest absolute Gasteiger partial charge is 0.103 e. The molecule has 3 nitrogen and oxygen atoms in total. The van der Waals surface area contributed by atoms with Gasteiger partial charge in [0.15, 0.2) is 0 Å². The average molecular weight is 309 g/mol. The number of aliphatic hydroxyl groups excluding tert-OH is 1. The van der Waals surface area contributed by atoms with E-state index in [0.717, 1.165) is 35.8 Å². The molecular formula is C14H17BrN2O. The normalized spacial score (nSPS) is 23.4. The molecule has 0 aromatic heterocycles. The average Bonchev–Trinajstić information content (AvgIpc) is 2.38. The summed E-state index contributed by atoms with van der Waals surface area (Å²) in [6.45, 7) is 0. The van der Waals surface area contributed by atoms with Gasteiger partial charge in [-0.15, -0.1) is 0 Å². The van der Waals surface area contributed by atoms with Gasteiger partial charge in [0.05, 0.1) is 23.4 Å². The van der Waals surface area contributed by atoms with Gasteiger partial charge >= 0.3 is 0 Å². The molecule has 1 aromatic rings. The maximum absolute atomic E-state index is 10.1. The van der Waals surface area contributed by atoms with Crippen LogP contribution in [0.25, 0.3) is 0 Å². The molecule has 0 heterocycles. The molecular weight excluding hydrogens is 292 g/mol. The van der Waals surface area contributed by atoms with Crippen molar-refractivity contribution >= 4 is 21.6 Å². The van der Waals surface area contributed by atoms with Gasteiger partial charge in [-0.05, 0) is 40.9 Å². The van der Waals surface area contributed by atoms with Crippen molar-refractivity contribution < 1.29 is 5.11 Å². The highest BCUT2D eigenvalue weighted by atomic mass is 79.9. The molecule has 0 aliphatic heterocycles. The summed E-state index contributed by atoms with van der Waals surface area (Å²) in [5, 5.41) is 19.3. The van der Waals surface area contributed by atoms with Crippen LogP contribution in [-0.4, -0.2) is 24.3 Å². The van der Waals surface area contributed by atoms with Gasteiger partial charge < -0.3 is 10.0 Å². The lowest BCUT2D eigenvalue weighted by atomic mass is 9.91. The minimum Gasteiger partial charge on any atom is -0.391 e. The Morgan fingerprint density at radius 1 is 1.39 bits per heavy atom. The highest BCUT2D eigenvalue weighted by molar-refractivity contribution is 9.10. The minimum absolute atomic E-state index is 0.111. The fourth-order valence-corrected chi connectivity index (χ4v) is 3.08. The van der Waals surface area contributed by atoms with Crippen molar-refractivity contribution in [3.8, 4) is 6.07 Å². The van der Waals surface area contributed by atoms with Crippen molar-refractivity contribution in [2.45, 2.75) is 37.8 Å². The standard InChI is InChI=1S/C14H17BrN2O/c1-17(13-6-2-3-8-14(13)18)12-7-4-5-11(15)10(12)9-16/h4-5,7,13-14,18H,2-3,6,8H2,1H3. The van der Waals surface area contributed by atoms with Crippen LogP contribution in [0.15, 0.2) is 22.7 Å². The molecule has 1 fully saturated rings. The summed E-state index contributed by atoms with van der Waals surface area (Å²) in [4.78, 5) is 2.05.